The van der Waals surface area contributed by atoms with Gasteiger partial charge in [0.2, 0.25) is 27.7 Å². The molecular weight excluding hydrogens is 1310 g/mol. The first-order chi connectivity index (χ1) is 47.2. The van der Waals surface area contributed by atoms with E-state index >= 15 is 0 Å². The number of aromatic nitrogens is 11. The summed E-state index contributed by atoms with van der Waals surface area (Å²) in [6, 6.07) is 21.4. The van der Waals surface area contributed by atoms with Crippen LogP contribution in [0.2, 0.25) is 10.6 Å². The summed E-state index contributed by atoms with van der Waals surface area (Å²) in [5.74, 6) is 2.82. The standard InChI is InChI=1S/C26H26N6O3.C18H20ClN5O3.C14H11ClN4O3.C8H8BNO2.K.H/c1-2-19(18-4-5-27-21(18)3-1)24-29-22-20-14-17(16-31-6-10-33-11-7-31)15-28-26(20)35-23(22)25(30-24)32-8-12-34-13-9-32;19-18-21-14-13-9-12(11-23-1-5-25-6-2-23)10-20-17(13)27-15(14)16(22-18)24-3-7-26-8-4-24;15-14-17-10-9-5-8(7-20)6-16-13(9)22-11(10)12(18-14)19-1-3-21-4-2-19;11-9(12)7-2-1-3-8-6(7)4-5-10-8;;/h1-5,14-15,27H,6-13,16H2;9-10H,1-8,11H2;5-7H,1-4H2;1-5,10-12H;;/q;;;;+1;-1. The molecule has 4 N–H and O–H groups in total. The third kappa shape index (κ3) is 14.6. The Balaban J connectivity index is 0.000000123. The molecule has 5 aliphatic heterocycles. The number of H-pyrrole nitrogens is 2. The van der Waals surface area contributed by atoms with Crippen LogP contribution in [0.4, 0.5) is 17.5 Å². The summed E-state index contributed by atoms with van der Waals surface area (Å²) < 4.78 is 45.4. The van der Waals surface area contributed by atoms with Gasteiger partial charge in [-0.1, -0.05) is 24.3 Å². The van der Waals surface area contributed by atoms with E-state index in [2.05, 4.69) is 94.8 Å². The van der Waals surface area contributed by atoms with Crippen LogP contribution in [0.15, 0.2) is 111 Å². The molecule has 5 aliphatic rings. The van der Waals surface area contributed by atoms with Crippen molar-refractivity contribution in [3.8, 4) is 11.4 Å². The number of nitrogens with zero attached hydrogens (tertiary/aromatic N) is 14. The zero-order valence-corrected chi connectivity index (χ0v) is 57.7. The Morgan fingerprint density at radius 1 is 0.485 bits per heavy atom. The fraction of sp³-hybridized carbons (Fsp3) is 0.333. The Morgan fingerprint density at radius 2 is 0.897 bits per heavy atom. The topological polar surface area (TPSA) is 307 Å². The molecule has 18 rings (SSSR count). The Labute approximate surface area is 607 Å². The molecule has 0 amide bonds. The van der Waals surface area contributed by atoms with Gasteiger partial charge in [-0.2, -0.15) is 9.97 Å². The molecule has 494 valence electrons. The third-order valence-electron chi connectivity index (χ3n) is 17.4. The molecule has 0 aliphatic carbocycles. The zero-order valence-electron chi connectivity index (χ0n) is 54.0. The molecule has 11 aromatic heterocycles. The number of hydrogen-bond acceptors (Lipinski definition) is 25. The van der Waals surface area contributed by atoms with Crippen LogP contribution in [0.25, 0.3) is 99.8 Å². The van der Waals surface area contributed by atoms with Crippen LogP contribution in [0.1, 0.15) is 22.9 Å². The number of benzene rings is 2. The fourth-order valence-corrected chi connectivity index (χ4v) is 12.9. The van der Waals surface area contributed by atoms with Crippen molar-refractivity contribution < 1.29 is 105 Å². The smallest absolute Gasteiger partial charge is 1.00 e. The predicted octanol–water partition coefficient (Wildman–Crippen LogP) is 4.72. The average Bonchev–Trinajstić information content (AvgIpc) is 1.48. The molecule has 0 unspecified atom stereocenters. The molecule has 31 heteroatoms. The van der Waals surface area contributed by atoms with Crippen LogP contribution >= 0.6 is 23.2 Å². The Kier molecular flexibility index (Phi) is 20.9. The Hall–Kier alpha value is -7.40. The van der Waals surface area contributed by atoms with Gasteiger partial charge in [-0.15, -0.1) is 0 Å². The maximum Gasteiger partial charge on any atom is 1.00 e. The van der Waals surface area contributed by atoms with Gasteiger partial charge in [-0.25, -0.2) is 34.9 Å². The number of aldehydes is 1. The summed E-state index contributed by atoms with van der Waals surface area (Å²) in [5.41, 5.74) is 11.7. The van der Waals surface area contributed by atoms with Crippen molar-refractivity contribution in [1.82, 2.24) is 64.6 Å². The number of morpholine rings is 5. The number of carbonyl (C=O) groups is 1. The van der Waals surface area contributed by atoms with Gasteiger partial charge in [0, 0.05) is 137 Å². The van der Waals surface area contributed by atoms with Gasteiger partial charge >= 0.3 is 58.5 Å². The molecule has 0 atom stereocenters. The number of rotatable bonds is 10. The largest absolute Gasteiger partial charge is 1.00 e. The number of furan rings is 3. The molecule has 0 bridgehead atoms. The Morgan fingerprint density at radius 3 is 1.37 bits per heavy atom. The van der Waals surface area contributed by atoms with E-state index in [9.17, 15) is 4.79 Å². The zero-order chi connectivity index (χ0) is 65.1. The summed E-state index contributed by atoms with van der Waals surface area (Å²) in [7, 11) is -1.40. The van der Waals surface area contributed by atoms with E-state index < -0.39 is 7.12 Å². The van der Waals surface area contributed by atoms with E-state index in [1.54, 1.807) is 24.4 Å². The van der Waals surface area contributed by atoms with Crippen LogP contribution in [0, 0.1) is 0 Å². The number of pyridine rings is 3. The summed E-state index contributed by atoms with van der Waals surface area (Å²) in [6.45, 7) is 16.8. The molecule has 0 spiro atoms. The monoisotopic (exact) mass is 1380 g/mol. The average molecular weight is 1380 g/mol. The first kappa shape index (κ1) is 66.8. The second kappa shape index (κ2) is 30.4. The summed E-state index contributed by atoms with van der Waals surface area (Å²) in [6.07, 6.45) is 9.69. The third-order valence-corrected chi connectivity index (χ3v) is 17.7. The quantitative estimate of drug-likeness (QED) is 0.0818. The van der Waals surface area contributed by atoms with Crippen molar-refractivity contribution >= 4 is 148 Å². The second-order valence-corrected chi connectivity index (χ2v) is 24.1. The maximum absolute atomic E-state index is 10.9. The van der Waals surface area contributed by atoms with Crippen molar-refractivity contribution in [3.05, 3.63) is 125 Å². The van der Waals surface area contributed by atoms with E-state index in [0.29, 0.717) is 132 Å². The van der Waals surface area contributed by atoms with E-state index in [1.807, 2.05) is 41.7 Å². The number of nitrogens with one attached hydrogen (secondary N) is 2. The molecule has 0 saturated carbocycles. The fourth-order valence-electron chi connectivity index (χ4n) is 12.6. The van der Waals surface area contributed by atoms with Crippen molar-refractivity contribution in [3.63, 3.8) is 0 Å². The van der Waals surface area contributed by atoms with Crippen molar-refractivity contribution in [2.24, 2.45) is 0 Å². The van der Waals surface area contributed by atoms with Crippen LogP contribution in [0.5, 0.6) is 0 Å². The van der Waals surface area contributed by atoms with Gasteiger partial charge in [0.15, 0.2) is 46.3 Å². The molecule has 16 heterocycles. The second-order valence-electron chi connectivity index (χ2n) is 23.5. The van der Waals surface area contributed by atoms with Gasteiger partial charge in [0.1, 0.15) is 16.6 Å². The molecule has 5 fully saturated rings. The summed E-state index contributed by atoms with van der Waals surface area (Å²) >= 11 is 12.3. The van der Waals surface area contributed by atoms with Crippen molar-refractivity contribution in [2.45, 2.75) is 13.1 Å². The van der Waals surface area contributed by atoms with Gasteiger partial charge in [0.05, 0.1) is 82.2 Å². The minimum absolute atomic E-state index is 0. The summed E-state index contributed by atoms with van der Waals surface area (Å²) in [5, 5.41) is 22.7. The van der Waals surface area contributed by atoms with Gasteiger partial charge < -0.3 is 73.1 Å². The SMILES string of the molecule is Clc1nc(N2CCOCC2)c2oc3ncc(CN4CCOCC4)cc3c2n1.O=Cc1cnc2oc3c(N4CCOCC4)nc(Cl)nc3c2c1.OB(O)c1cccc2[nH]ccc12.[H-].[K+].c1cc(-c2nc(N3CCOCC3)c3oc4ncc(CN5CCOCC5)cc4c3n2)c2cc[nH]c2c1. The number of fused-ring (bicyclic) bond motifs is 11. The van der Waals surface area contributed by atoms with E-state index in [-0.39, 0.29) is 63.4 Å². The minimum atomic E-state index is -1.40. The first-order valence-electron chi connectivity index (χ1n) is 31.8. The van der Waals surface area contributed by atoms with Crippen LogP contribution in [-0.4, -0.2) is 220 Å². The van der Waals surface area contributed by atoms with E-state index in [0.717, 1.165) is 159 Å². The number of aromatic amines is 2. The number of carbonyl (C=O) groups excluding carboxylic acids is 1. The number of halogens is 2. The number of hydrogen-bond donors (Lipinski definition) is 4. The van der Waals surface area contributed by atoms with Crippen LogP contribution < -0.4 is 71.5 Å². The molecule has 97 heavy (non-hydrogen) atoms. The Bertz CT molecular complexity index is 4940. The molecule has 2 aromatic carbocycles. The normalized spacial score (nSPS) is 16.6. The minimum Gasteiger partial charge on any atom is -1.00 e. The first-order valence-corrected chi connectivity index (χ1v) is 32.5. The maximum atomic E-state index is 10.9. The predicted molar refractivity (Wildman–Crippen MR) is 365 cm³/mol. The number of anilines is 3. The van der Waals surface area contributed by atoms with Gasteiger partial charge in [-0.3, -0.25) is 14.6 Å². The molecule has 0 radical (unpaired) electrons. The van der Waals surface area contributed by atoms with Crippen molar-refractivity contribution in [1.29, 1.82) is 0 Å². The van der Waals surface area contributed by atoms with Crippen LogP contribution in [-0.2, 0) is 36.8 Å². The van der Waals surface area contributed by atoms with Gasteiger partial charge in [-0.05, 0) is 87.6 Å². The van der Waals surface area contributed by atoms with E-state index in [4.69, 9.17) is 80.2 Å². The van der Waals surface area contributed by atoms with Crippen LogP contribution in [0.3, 0.4) is 0 Å². The molecular formula is C66H66BCl2KN16O11. The summed E-state index contributed by atoms with van der Waals surface area (Å²) in [4.78, 5) is 69.2. The number of ether oxygens (including phenoxy) is 5. The van der Waals surface area contributed by atoms with Gasteiger partial charge in [0.25, 0.3) is 0 Å². The molecule has 13 aromatic rings. The van der Waals surface area contributed by atoms with E-state index in [1.165, 1.54) is 6.20 Å². The molecule has 27 nitrogen and oxygen atoms in total. The molecule has 5 saturated heterocycles. The van der Waals surface area contributed by atoms with Crippen molar-refractivity contribution in [2.75, 3.05) is 146 Å².